The van der Waals surface area contributed by atoms with Crippen molar-refractivity contribution in [3.05, 3.63) is 35.9 Å². The summed E-state index contributed by atoms with van der Waals surface area (Å²) in [7, 11) is 0. The van der Waals surface area contributed by atoms with Gasteiger partial charge in [0.05, 0.1) is 0 Å². The van der Waals surface area contributed by atoms with Gasteiger partial charge >= 0.3 is 60.4 Å². The molecule has 0 aliphatic heterocycles. The Balaban J connectivity index is 0. The zero-order valence-electron chi connectivity index (χ0n) is 9.01. The second-order valence-corrected chi connectivity index (χ2v) is 3.63. The number of hydrogen-bond donors (Lipinski definition) is 2. The Hall–Kier alpha value is -0.243. The van der Waals surface area contributed by atoms with Gasteiger partial charge in [-0.1, -0.05) is 43.7 Å². The van der Waals surface area contributed by atoms with Crippen molar-refractivity contribution < 1.29 is 19.8 Å². The van der Waals surface area contributed by atoms with Crippen LogP contribution in [0.1, 0.15) is 25.3 Å². The van der Waals surface area contributed by atoms with E-state index < -0.39 is 17.4 Å². The van der Waals surface area contributed by atoms with Crippen LogP contribution in [0.2, 0.25) is 0 Å². The molecule has 4 nitrogen and oxygen atoms in total. The van der Waals surface area contributed by atoms with Crippen LogP contribution in [0.3, 0.4) is 0 Å². The molecule has 0 saturated carbocycles. The first-order valence-electron chi connectivity index (χ1n) is 5.08. The van der Waals surface area contributed by atoms with E-state index in [9.17, 15) is 19.8 Å². The van der Waals surface area contributed by atoms with Crippen molar-refractivity contribution in [3.63, 3.8) is 0 Å². The third-order valence-electron chi connectivity index (χ3n) is 2.62. The molecule has 0 aliphatic rings. The van der Waals surface area contributed by atoms with Gasteiger partial charge in [-0.3, -0.25) is 9.59 Å². The normalized spacial score (nSPS) is 9.83. The van der Waals surface area contributed by atoms with E-state index in [2.05, 4.69) is 0 Å². The molecule has 0 saturated heterocycles. The minimum atomic E-state index is -1.82. The Labute approximate surface area is 140 Å². The number of rotatable bonds is 5. The van der Waals surface area contributed by atoms with Crippen LogP contribution in [-0.2, 0) is 15.0 Å². The van der Waals surface area contributed by atoms with Crippen molar-refractivity contribution in [1.29, 1.82) is 0 Å². The number of carboxylic acid groups (broad SMARTS) is 2. The van der Waals surface area contributed by atoms with Gasteiger partial charge in [-0.25, -0.2) is 0 Å². The molecule has 1 aromatic rings. The second-order valence-electron chi connectivity index (χ2n) is 3.63. The van der Waals surface area contributed by atoms with Crippen LogP contribution in [0, 0.1) is 0 Å². The number of carbonyl (C=O) groups is 2. The number of hydrogen-bond acceptors (Lipinski definition) is 2. The summed E-state index contributed by atoms with van der Waals surface area (Å²) in [4.78, 5) is 22.5. The van der Waals surface area contributed by atoms with Crippen molar-refractivity contribution in [2.75, 3.05) is 0 Å². The third-order valence-corrected chi connectivity index (χ3v) is 2.62. The average molecular weight is 254 g/mol. The predicted molar refractivity (Wildman–Crippen MR) is 72.6 cm³/mol. The van der Waals surface area contributed by atoms with E-state index in [0.717, 1.165) is 0 Å². The van der Waals surface area contributed by atoms with Crippen molar-refractivity contribution in [2.45, 2.75) is 25.2 Å². The van der Waals surface area contributed by atoms with E-state index in [1.54, 1.807) is 25.1 Å². The van der Waals surface area contributed by atoms with Crippen molar-refractivity contribution in [2.24, 2.45) is 0 Å². The monoisotopic (exact) mass is 254 g/mol. The van der Waals surface area contributed by atoms with Gasteiger partial charge < -0.3 is 10.2 Å². The molecule has 0 unspecified atom stereocenters. The second kappa shape index (κ2) is 8.79. The van der Waals surface area contributed by atoms with Gasteiger partial charge in [0.15, 0.2) is 5.41 Å². The van der Waals surface area contributed by atoms with Gasteiger partial charge in [-0.2, -0.15) is 0 Å². The molecule has 0 spiro atoms. The quantitative estimate of drug-likeness (QED) is 0.596. The Morgan fingerprint density at radius 1 is 1.11 bits per heavy atom. The van der Waals surface area contributed by atoms with E-state index in [1.807, 2.05) is 0 Å². The first kappa shape index (κ1) is 20.1. The van der Waals surface area contributed by atoms with E-state index in [4.69, 9.17) is 0 Å². The molecule has 2 N–H and O–H groups in total. The Morgan fingerprint density at radius 3 is 1.89 bits per heavy atom. The molecule has 0 fully saturated rings. The SMILES string of the molecule is CCCC(C(=O)O)(C(=O)O)c1ccccc1.[LiH].[NaH]. The van der Waals surface area contributed by atoms with Crippen LogP contribution in [-0.4, -0.2) is 70.6 Å². The van der Waals surface area contributed by atoms with Crippen LogP contribution >= 0.6 is 0 Å². The molecule has 1 aromatic carbocycles. The van der Waals surface area contributed by atoms with E-state index in [1.165, 1.54) is 12.1 Å². The fourth-order valence-corrected chi connectivity index (χ4v) is 1.79. The van der Waals surface area contributed by atoms with Gasteiger partial charge in [0.1, 0.15) is 0 Å². The standard InChI is InChI=1S/C12H14O4.Li.Na.2H/c1-2-8-12(10(13)14,11(15)16)9-6-4-3-5-7-9;;;;/h3-7H,2,8H2,1H3,(H,13,14)(H,15,16);;;;. The van der Waals surface area contributed by atoms with Gasteiger partial charge in [0, 0.05) is 0 Å². The van der Waals surface area contributed by atoms with Crippen LogP contribution < -0.4 is 0 Å². The number of carboxylic acids is 2. The molecule has 0 bridgehead atoms. The molecular formula is C12H16LiNaO4. The van der Waals surface area contributed by atoms with Crippen LogP contribution in [0.25, 0.3) is 0 Å². The summed E-state index contributed by atoms with van der Waals surface area (Å²) >= 11 is 0. The predicted octanol–water partition coefficient (Wildman–Crippen LogP) is 0.597. The van der Waals surface area contributed by atoms with Gasteiger partial charge in [-0.05, 0) is 12.0 Å². The zero-order chi connectivity index (χ0) is 12.2. The maximum atomic E-state index is 11.3. The summed E-state index contributed by atoms with van der Waals surface area (Å²) in [6.45, 7) is 1.77. The molecule has 0 radical (unpaired) electrons. The Kier molecular flexibility index (Phi) is 9.81. The summed E-state index contributed by atoms with van der Waals surface area (Å²) in [6, 6.07) is 8.09. The molecule has 0 amide bonds. The van der Waals surface area contributed by atoms with Crippen LogP contribution in [0.4, 0.5) is 0 Å². The van der Waals surface area contributed by atoms with Gasteiger partial charge in [0.25, 0.3) is 0 Å². The number of aliphatic carboxylic acids is 2. The van der Waals surface area contributed by atoms with Gasteiger partial charge in [-0.15, -0.1) is 0 Å². The molecule has 90 valence electrons. The van der Waals surface area contributed by atoms with E-state index >= 15 is 0 Å². The maximum absolute atomic E-state index is 11.3. The summed E-state index contributed by atoms with van der Waals surface area (Å²) in [5, 5.41) is 18.4. The van der Waals surface area contributed by atoms with E-state index in [-0.39, 0.29) is 54.8 Å². The van der Waals surface area contributed by atoms with Crippen molar-refractivity contribution >= 4 is 60.4 Å². The number of benzene rings is 1. The molecule has 6 heteroatoms. The Bertz CT molecular complexity index is 380. The summed E-state index contributed by atoms with van der Waals surface area (Å²) in [6.07, 6.45) is 0.579. The molecular weight excluding hydrogens is 238 g/mol. The molecule has 0 aromatic heterocycles. The average Bonchev–Trinajstić information content (AvgIpc) is 2.26. The van der Waals surface area contributed by atoms with Crippen LogP contribution in [0.5, 0.6) is 0 Å². The molecule has 0 aliphatic carbocycles. The molecule has 0 atom stereocenters. The summed E-state index contributed by atoms with van der Waals surface area (Å²) < 4.78 is 0. The van der Waals surface area contributed by atoms with E-state index in [0.29, 0.717) is 12.0 Å². The van der Waals surface area contributed by atoms with Crippen molar-refractivity contribution in [3.8, 4) is 0 Å². The fourth-order valence-electron chi connectivity index (χ4n) is 1.79. The summed E-state index contributed by atoms with van der Waals surface area (Å²) in [5.74, 6) is -2.62. The third kappa shape index (κ3) is 3.88. The van der Waals surface area contributed by atoms with Gasteiger partial charge in [0.2, 0.25) is 0 Å². The summed E-state index contributed by atoms with van der Waals surface area (Å²) in [5.41, 5.74) is -1.51. The molecule has 1 rings (SSSR count). The zero-order valence-corrected chi connectivity index (χ0v) is 9.01. The van der Waals surface area contributed by atoms with Crippen molar-refractivity contribution in [1.82, 2.24) is 0 Å². The first-order chi connectivity index (χ1) is 7.55. The minimum absolute atomic E-state index is 0. The topological polar surface area (TPSA) is 74.6 Å². The first-order valence-corrected chi connectivity index (χ1v) is 5.08. The Morgan fingerprint density at radius 2 is 1.56 bits per heavy atom. The molecule has 18 heavy (non-hydrogen) atoms. The fraction of sp³-hybridized carbons (Fsp3) is 0.333. The van der Waals surface area contributed by atoms with Crippen LogP contribution in [0.15, 0.2) is 30.3 Å². The molecule has 0 heterocycles.